The number of hydrogen-bond donors (Lipinski definition) is 2. The van der Waals surface area contributed by atoms with Gasteiger partial charge in [-0.25, -0.2) is 9.97 Å². The van der Waals surface area contributed by atoms with Crippen LogP contribution in [0, 0.1) is 11.8 Å². The summed E-state index contributed by atoms with van der Waals surface area (Å²) in [5.41, 5.74) is 13.7. The van der Waals surface area contributed by atoms with Crippen molar-refractivity contribution >= 4 is 34.8 Å². The van der Waals surface area contributed by atoms with Crippen LogP contribution in [0.4, 0.5) is 11.6 Å². The standard InChI is InChI=1S/C18H21Cl2N5/c1-18(22)5-10-8-25(9-11(10)6-18)14-7-23-16(17(21)24-14)12-3-2-4-13(19)15(12)20/h2-4,7,10-11H,5-6,8-9,22H2,1H3,(H2,21,24)/t10-,11?,18-/m0/s1. The number of rotatable bonds is 2. The number of nitrogens with zero attached hydrogens (tertiary/aromatic N) is 3. The van der Waals surface area contributed by atoms with Crippen molar-refractivity contribution in [3.8, 4) is 11.3 Å². The number of nitrogens with two attached hydrogens (primary N) is 2. The van der Waals surface area contributed by atoms with Crippen molar-refractivity contribution in [2.45, 2.75) is 25.3 Å². The van der Waals surface area contributed by atoms with Crippen LogP contribution in [0.5, 0.6) is 0 Å². The molecule has 2 heterocycles. The molecule has 0 bridgehead atoms. The minimum Gasteiger partial charge on any atom is -0.382 e. The molecular formula is C18H21Cl2N5. The molecule has 132 valence electrons. The van der Waals surface area contributed by atoms with Crippen LogP contribution in [-0.4, -0.2) is 28.6 Å². The molecule has 3 atom stereocenters. The lowest BCUT2D eigenvalue weighted by atomic mass is 10.00. The molecule has 1 saturated heterocycles. The maximum Gasteiger partial charge on any atom is 0.152 e. The zero-order chi connectivity index (χ0) is 17.8. The van der Waals surface area contributed by atoms with Crippen LogP contribution in [0.15, 0.2) is 24.4 Å². The molecule has 2 aromatic rings. The van der Waals surface area contributed by atoms with Crippen molar-refractivity contribution in [3.63, 3.8) is 0 Å². The highest BCUT2D eigenvalue weighted by atomic mass is 35.5. The maximum atomic E-state index is 6.30. The van der Waals surface area contributed by atoms with Crippen molar-refractivity contribution in [2.24, 2.45) is 17.6 Å². The van der Waals surface area contributed by atoms with Crippen LogP contribution < -0.4 is 16.4 Å². The Hall–Kier alpha value is -1.56. The number of halogens is 2. The van der Waals surface area contributed by atoms with Crippen LogP contribution >= 0.6 is 23.2 Å². The first kappa shape index (κ1) is 16.9. The van der Waals surface area contributed by atoms with Crippen molar-refractivity contribution in [3.05, 3.63) is 34.4 Å². The van der Waals surface area contributed by atoms with Gasteiger partial charge in [-0.3, -0.25) is 0 Å². The molecule has 5 nitrogen and oxygen atoms in total. The van der Waals surface area contributed by atoms with Gasteiger partial charge in [0.1, 0.15) is 11.5 Å². The molecule has 1 aromatic carbocycles. The SMILES string of the molecule is C[C@@]1(N)CC2CN(c3cnc(-c4cccc(Cl)c4Cl)c(N)n3)C[C@@H]2C1. The number of anilines is 2. The first-order valence-corrected chi connectivity index (χ1v) is 9.20. The van der Waals surface area contributed by atoms with Gasteiger partial charge in [0.15, 0.2) is 5.82 Å². The van der Waals surface area contributed by atoms with E-state index in [-0.39, 0.29) is 5.54 Å². The predicted molar refractivity (Wildman–Crippen MR) is 103 cm³/mol. The monoisotopic (exact) mass is 377 g/mol. The third-order valence-corrected chi connectivity index (χ3v) is 6.17. The zero-order valence-electron chi connectivity index (χ0n) is 14.0. The van der Waals surface area contributed by atoms with Crippen LogP contribution in [0.2, 0.25) is 10.0 Å². The van der Waals surface area contributed by atoms with E-state index < -0.39 is 0 Å². The summed E-state index contributed by atoms with van der Waals surface area (Å²) in [5.74, 6) is 2.43. The summed E-state index contributed by atoms with van der Waals surface area (Å²) in [6.07, 6.45) is 3.90. The summed E-state index contributed by atoms with van der Waals surface area (Å²) >= 11 is 12.4. The van der Waals surface area contributed by atoms with Gasteiger partial charge < -0.3 is 16.4 Å². The Kier molecular flexibility index (Phi) is 4.06. The van der Waals surface area contributed by atoms with Gasteiger partial charge in [-0.2, -0.15) is 0 Å². The van der Waals surface area contributed by atoms with Gasteiger partial charge in [0.05, 0.1) is 16.2 Å². The average Bonchev–Trinajstić information content (AvgIpc) is 3.04. The van der Waals surface area contributed by atoms with Crippen molar-refractivity contribution in [1.29, 1.82) is 0 Å². The van der Waals surface area contributed by atoms with E-state index in [0.717, 1.165) is 31.7 Å². The normalized spacial score (nSPS) is 28.4. The number of aromatic nitrogens is 2. The van der Waals surface area contributed by atoms with E-state index in [1.54, 1.807) is 12.3 Å². The van der Waals surface area contributed by atoms with Gasteiger partial charge >= 0.3 is 0 Å². The Bertz CT molecular complexity index is 807. The van der Waals surface area contributed by atoms with Crippen LogP contribution in [0.3, 0.4) is 0 Å². The average molecular weight is 378 g/mol. The van der Waals surface area contributed by atoms with E-state index in [0.29, 0.717) is 39.0 Å². The molecule has 0 spiro atoms. The van der Waals surface area contributed by atoms with Gasteiger partial charge in [-0.1, -0.05) is 35.3 Å². The highest BCUT2D eigenvalue weighted by molar-refractivity contribution is 6.43. The summed E-state index contributed by atoms with van der Waals surface area (Å²) < 4.78 is 0. The minimum atomic E-state index is -0.0285. The van der Waals surface area contributed by atoms with Crippen LogP contribution in [-0.2, 0) is 0 Å². The summed E-state index contributed by atoms with van der Waals surface area (Å²) in [6.45, 7) is 4.07. The Morgan fingerprint density at radius 1 is 1.20 bits per heavy atom. The second kappa shape index (κ2) is 6.01. The topological polar surface area (TPSA) is 81.1 Å². The fourth-order valence-electron chi connectivity index (χ4n) is 4.31. The van der Waals surface area contributed by atoms with E-state index in [9.17, 15) is 0 Å². The van der Waals surface area contributed by atoms with E-state index in [1.165, 1.54) is 0 Å². The molecule has 1 aliphatic carbocycles. The zero-order valence-corrected chi connectivity index (χ0v) is 15.6. The largest absolute Gasteiger partial charge is 0.382 e. The molecule has 2 fully saturated rings. The molecular weight excluding hydrogens is 357 g/mol. The fourth-order valence-corrected chi connectivity index (χ4v) is 4.70. The van der Waals surface area contributed by atoms with Gasteiger partial charge in [0.2, 0.25) is 0 Å². The Morgan fingerprint density at radius 2 is 1.88 bits per heavy atom. The molecule has 1 aromatic heterocycles. The maximum absolute atomic E-state index is 6.30. The van der Waals surface area contributed by atoms with Gasteiger partial charge in [-0.15, -0.1) is 0 Å². The Morgan fingerprint density at radius 3 is 2.52 bits per heavy atom. The van der Waals surface area contributed by atoms with Gasteiger partial charge in [-0.05, 0) is 37.7 Å². The predicted octanol–water partition coefficient (Wildman–Crippen LogP) is 3.60. The first-order valence-electron chi connectivity index (χ1n) is 8.45. The summed E-state index contributed by atoms with van der Waals surface area (Å²) in [4.78, 5) is 11.4. The van der Waals surface area contributed by atoms with Gasteiger partial charge in [0, 0.05) is 24.2 Å². The number of hydrogen-bond acceptors (Lipinski definition) is 5. The van der Waals surface area contributed by atoms with Crippen LogP contribution in [0.25, 0.3) is 11.3 Å². The highest BCUT2D eigenvalue weighted by Gasteiger charge is 2.45. The molecule has 0 amide bonds. The third-order valence-electron chi connectivity index (χ3n) is 5.35. The number of fused-ring (bicyclic) bond motifs is 1. The molecule has 1 saturated carbocycles. The molecule has 1 unspecified atom stereocenters. The van der Waals surface area contributed by atoms with Gasteiger partial charge in [0.25, 0.3) is 0 Å². The number of nitrogen functional groups attached to an aromatic ring is 1. The second-order valence-electron chi connectivity index (χ2n) is 7.55. The quantitative estimate of drug-likeness (QED) is 0.835. The summed E-state index contributed by atoms with van der Waals surface area (Å²) in [6, 6.07) is 5.40. The fraction of sp³-hybridized carbons (Fsp3) is 0.444. The third kappa shape index (κ3) is 3.05. The molecule has 4 rings (SSSR count). The summed E-state index contributed by atoms with van der Waals surface area (Å²) in [7, 11) is 0. The number of benzene rings is 1. The molecule has 1 aliphatic heterocycles. The lowest BCUT2D eigenvalue weighted by molar-refractivity contribution is 0.449. The van der Waals surface area contributed by atoms with Crippen LogP contribution in [0.1, 0.15) is 19.8 Å². The Balaban J connectivity index is 1.58. The minimum absolute atomic E-state index is 0.0285. The van der Waals surface area contributed by atoms with Crippen molar-refractivity contribution < 1.29 is 0 Å². The van der Waals surface area contributed by atoms with Crippen molar-refractivity contribution in [1.82, 2.24) is 9.97 Å². The molecule has 0 radical (unpaired) electrons. The molecule has 25 heavy (non-hydrogen) atoms. The van der Waals surface area contributed by atoms with E-state index in [1.807, 2.05) is 12.1 Å². The first-order chi connectivity index (χ1) is 11.8. The highest BCUT2D eigenvalue weighted by Crippen LogP contribution is 2.43. The lowest BCUT2D eigenvalue weighted by Gasteiger charge is -2.23. The lowest BCUT2D eigenvalue weighted by Crippen LogP contribution is -2.35. The van der Waals surface area contributed by atoms with Crippen molar-refractivity contribution in [2.75, 3.05) is 23.7 Å². The van der Waals surface area contributed by atoms with E-state index in [4.69, 9.17) is 34.7 Å². The summed E-state index contributed by atoms with van der Waals surface area (Å²) in [5, 5.41) is 0.914. The van der Waals surface area contributed by atoms with E-state index in [2.05, 4.69) is 21.8 Å². The molecule has 7 heteroatoms. The molecule has 2 aliphatic rings. The van der Waals surface area contributed by atoms with E-state index >= 15 is 0 Å². The second-order valence-corrected chi connectivity index (χ2v) is 8.34. The Labute approximate surface area is 157 Å². The molecule has 4 N–H and O–H groups in total. The smallest absolute Gasteiger partial charge is 0.152 e.